The fourth-order valence-corrected chi connectivity index (χ4v) is 3.86. The van der Waals surface area contributed by atoms with Crippen molar-refractivity contribution in [3.8, 4) is 0 Å². The Morgan fingerprint density at radius 3 is 2.37 bits per heavy atom. The van der Waals surface area contributed by atoms with Crippen molar-refractivity contribution < 1.29 is 0 Å². The molecule has 148 valence electrons. The molecule has 0 aromatic heterocycles. The third-order valence-electron chi connectivity index (χ3n) is 5.36. The van der Waals surface area contributed by atoms with Crippen LogP contribution in [0.2, 0.25) is 0 Å². The molecular weight excluding hydrogens is 334 g/mol. The van der Waals surface area contributed by atoms with Crippen LogP contribution in [0.5, 0.6) is 0 Å². The van der Waals surface area contributed by atoms with E-state index in [0.717, 1.165) is 31.5 Å². The predicted molar refractivity (Wildman–Crippen MR) is 115 cm³/mol. The molecule has 2 aliphatic rings. The molecule has 1 saturated heterocycles. The molecule has 2 N–H and O–H groups in total. The lowest BCUT2D eigenvalue weighted by atomic mass is 10.0. The van der Waals surface area contributed by atoms with Gasteiger partial charge in [-0.3, -0.25) is 4.99 Å². The monoisotopic (exact) mass is 369 g/mol. The fourth-order valence-electron chi connectivity index (χ4n) is 3.86. The maximum atomic E-state index is 4.41. The summed E-state index contributed by atoms with van der Waals surface area (Å²) in [7, 11) is 1.85. The van der Waals surface area contributed by atoms with Crippen molar-refractivity contribution in [2.75, 3.05) is 44.7 Å². The zero-order chi connectivity index (χ0) is 19.1. The highest BCUT2D eigenvalue weighted by Crippen LogP contribution is 2.17. The molecule has 1 aromatic carbocycles. The molecule has 3 rings (SSSR count). The van der Waals surface area contributed by atoms with Crippen LogP contribution >= 0.6 is 0 Å². The Morgan fingerprint density at radius 2 is 1.78 bits per heavy atom. The smallest absolute Gasteiger partial charge is 0.191 e. The first kappa shape index (κ1) is 19.7. The summed E-state index contributed by atoms with van der Waals surface area (Å²) in [6.07, 6.45) is 6.81. The average Bonchev–Trinajstić information content (AvgIpc) is 3.21. The van der Waals surface area contributed by atoms with Gasteiger partial charge in [-0.2, -0.15) is 0 Å². The van der Waals surface area contributed by atoms with Gasteiger partial charge < -0.3 is 20.4 Å². The van der Waals surface area contributed by atoms with E-state index in [9.17, 15) is 0 Å². The number of likely N-dealkylation sites (tertiary alicyclic amines) is 1. The molecule has 2 aliphatic heterocycles. The first-order valence-electron chi connectivity index (χ1n) is 10.3. The maximum Gasteiger partial charge on any atom is 0.191 e. The molecule has 0 atom stereocenters. The number of benzene rings is 1. The molecule has 1 aromatic rings. The van der Waals surface area contributed by atoms with Crippen LogP contribution in [0.15, 0.2) is 41.4 Å². The van der Waals surface area contributed by atoms with Crippen LogP contribution in [0.4, 0.5) is 5.69 Å². The van der Waals surface area contributed by atoms with Crippen molar-refractivity contribution in [2.24, 2.45) is 10.9 Å². The van der Waals surface area contributed by atoms with Gasteiger partial charge >= 0.3 is 0 Å². The van der Waals surface area contributed by atoms with Crippen LogP contribution in [0.3, 0.4) is 0 Å². The van der Waals surface area contributed by atoms with E-state index in [1.54, 1.807) is 0 Å². The van der Waals surface area contributed by atoms with E-state index in [1.807, 2.05) is 7.05 Å². The average molecular weight is 370 g/mol. The summed E-state index contributed by atoms with van der Waals surface area (Å²) < 4.78 is 0. The lowest BCUT2D eigenvalue weighted by Gasteiger charge is -2.34. The number of piperidine rings is 1. The number of nitrogens with one attached hydrogen (secondary N) is 2. The molecular formula is C22H35N5. The number of rotatable bonds is 6. The normalized spacial score (nSPS) is 19.1. The number of nitrogens with zero attached hydrogens (tertiary/aromatic N) is 3. The van der Waals surface area contributed by atoms with Crippen molar-refractivity contribution >= 4 is 11.6 Å². The highest BCUT2D eigenvalue weighted by molar-refractivity contribution is 5.80. The van der Waals surface area contributed by atoms with Gasteiger partial charge in [0.15, 0.2) is 5.96 Å². The van der Waals surface area contributed by atoms with Gasteiger partial charge in [0.05, 0.1) is 0 Å². The maximum absolute atomic E-state index is 4.41. The SMILES string of the molecule is CN=C(NCc1ccc(N2CC=CC2)cc1)NC1CCN(CC(C)C)CC1. The van der Waals surface area contributed by atoms with Crippen LogP contribution in [-0.4, -0.2) is 56.7 Å². The third kappa shape index (κ3) is 5.99. The molecule has 27 heavy (non-hydrogen) atoms. The van der Waals surface area contributed by atoms with Crippen molar-refractivity contribution in [1.29, 1.82) is 0 Å². The van der Waals surface area contributed by atoms with Gasteiger partial charge in [-0.05, 0) is 36.5 Å². The van der Waals surface area contributed by atoms with Crippen LogP contribution in [0.1, 0.15) is 32.3 Å². The Hall–Kier alpha value is -2.01. The summed E-state index contributed by atoms with van der Waals surface area (Å²) in [6.45, 7) is 11.0. The van der Waals surface area contributed by atoms with Crippen LogP contribution in [0, 0.1) is 5.92 Å². The Labute approximate surface area is 164 Å². The van der Waals surface area contributed by atoms with Crippen LogP contribution < -0.4 is 15.5 Å². The largest absolute Gasteiger partial charge is 0.364 e. The standard InChI is InChI=1S/C22H35N5/c1-18(2)17-26-14-10-20(11-15-26)25-22(23-3)24-16-19-6-8-21(9-7-19)27-12-4-5-13-27/h4-9,18,20H,10-17H2,1-3H3,(H2,23,24,25). The molecule has 0 amide bonds. The number of guanidine groups is 1. The summed E-state index contributed by atoms with van der Waals surface area (Å²) >= 11 is 0. The van der Waals surface area contributed by atoms with Crippen molar-refractivity contribution in [1.82, 2.24) is 15.5 Å². The minimum Gasteiger partial charge on any atom is -0.364 e. The van der Waals surface area contributed by atoms with Gasteiger partial charge in [-0.15, -0.1) is 0 Å². The Kier molecular flexibility index (Phi) is 7.16. The Balaban J connectivity index is 1.41. The first-order valence-corrected chi connectivity index (χ1v) is 10.3. The topological polar surface area (TPSA) is 42.9 Å². The number of hydrogen-bond donors (Lipinski definition) is 2. The molecule has 0 saturated carbocycles. The van der Waals surface area contributed by atoms with Crippen LogP contribution in [-0.2, 0) is 6.54 Å². The summed E-state index contributed by atoms with van der Waals surface area (Å²) in [5.41, 5.74) is 2.57. The molecule has 1 fully saturated rings. The van der Waals surface area contributed by atoms with E-state index in [-0.39, 0.29) is 0 Å². The molecule has 5 heteroatoms. The molecule has 0 bridgehead atoms. The van der Waals surface area contributed by atoms with Gasteiger partial charge in [0.1, 0.15) is 0 Å². The predicted octanol–water partition coefficient (Wildman–Crippen LogP) is 2.85. The van der Waals surface area contributed by atoms with Crippen molar-refractivity contribution in [3.05, 3.63) is 42.0 Å². The van der Waals surface area contributed by atoms with Gasteiger partial charge in [-0.25, -0.2) is 0 Å². The number of hydrogen-bond acceptors (Lipinski definition) is 3. The van der Waals surface area contributed by atoms with Gasteiger partial charge in [-0.1, -0.05) is 38.1 Å². The minimum absolute atomic E-state index is 0.518. The van der Waals surface area contributed by atoms with E-state index < -0.39 is 0 Å². The van der Waals surface area contributed by atoms with Gasteiger partial charge in [0.25, 0.3) is 0 Å². The highest BCUT2D eigenvalue weighted by Gasteiger charge is 2.20. The van der Waals surface area contributed by atoms with Crippen molar-refractivity contribution in [2.45, 2.75) is 39.3 Å². The van der Waals surface area contributed by atoms with Gasteiger partial charge in [0.2, 0.25) is 0 Å². The summed E-state index contributed by atoms with van der Waals surface area (Å²) in [4.78, 5) is 9.35. The molecule has 0 aliphatic carbocycles. The van der Waals surface area contributed by atoms with Crippen molar-refractivity contribution in [3.63, 3.8) is 0 Å². The quantitative estimate of drug-likeness (QED) is 0.460. The van der Waals surface area contributed by atoms with Crippen LogP contribution in [0.25, 0.3) is 0 Å². The number of anilines is 1. The highest BCUT2D eigenvalue weighted by atomic mass is 15.2. The second kappa shape index (κ2) is 9.79. The number of aliphatic imine (C=N–C) groups is 1. The van der Waals surface area contributed by atoms with E-state index >= 15 is 0 Å². The summed E-state index contributed by atoms with van der Waals surface area (Å²) in [5.74, 6) is 1.65. The molecule has 0 radical (unpaired) electrons. The Bertz CT molecular complexity index is 619. The van der Waals surface area contributed by atoms with Gasteiger partial charge in [0, 0.05) is 58.0 Å². The molecule has 0 unspecified atom stereocenters. The minimum atomic E-state index is 0.518. The molecule has 0 spiro atoms. The zero-order valence-electron chi connectivity index (χ0n) is 17.1. The summed E-state index contributed by atoms with van der Waals surface area (Å²) in [5, 5.41) is 7.07. The van der Waals surface area contributed by atoms with E-state index in [4.69, 9.17) is 0 Å². The second-order valence-electron chi connectivity index (χ2n) is 8.08. The third-order valence-corrected chi connectivity index (χ3v) is 5.36. The van der Waals surface area contributed by atoms with E-state index in [2.05, 4.69) is 75.7 Å². The Morgan fingerprint density at radius 1 is 1.11 bits per heavy atom. The fraction of sp³-hybridized carbons (Fsp3) is 0.591. The van der Waals surface area contributed by atoms with E-state index in [1.165, 1.54) is 43.7 Å². The first-order chi connectivity index (χ1) is 13.1. The molecule has 5 nitrogen and oxygen atoms in total. The zero-order valence-corrected chi connectivity index (χ0v) is 17.1. The van der Waals surface area contributed by atoms with E-state index in [0.29, 0.717) is 6.04 Å². The second-order valence-corrected chi connectivity index (χ2v) is 8.08. The lowest BCUT2D eigenvalue weighted by molar-refractivity contribution is 0.187. The lowest BCUT2D eigenvalue weighted by Crippen LogP contribution is -2.48. The summed E-state index contributed by atoms with van der Waals surface area (Å²) in [6, 6.07) is 9.36. The molecule has 2 heterocycles.